The first kappa shape index (κ1) is 13.2. The van der Waals surface area contributed by atoms with Crippen LogP contribution in [0.25, 0.3) is 5.52 Å². The second-order valence-corrected chi connectivity index (χ2v) is 4.78. The number of hydrogen-bond acceptors (Lipinski definition) is 6. The van der Waals surface area contributed by atoms with Crippen LogP contribution in [0.5, 0.6) is 0 Å². The summed E-state index contributed by atoms with van der Waals surface area (Å²) in [5.74, 6) is 0.274. The van der Waals surface area contributed by atoms with Gasteiger partial charge in [-0.05, 0) is 18.6 Å². The van der Waals surface area contributed by atoms with Crippen LogP contribution in [0.4, 0.5) is 10.2 Å². The van der Waals surface area contributed by atoms with Gasteiger partial charge in [0.25, 0.3) is 0 Å². The largest absolute Gasteiger partial charge is 0.390 e. The zero-order chi connectivity index (χ0) is 14.3. The van der Waals surface area contributed by atoms with Gasteiger partial charge in [0.2, 0.25) is 0 Å². The molecule has 2 aromatic rings. The van der Waals surface area contributed by atoms with E-state index < -0.39 is 24.5 Å². The third-order valence-corrected chi connectivity index (χ3v) is 3.52. The quantitative estimate of drug-likeness (QED) is 0.670. The Morgan fingerprint density at radius 1 is 1.40 bits per heavy atom. The van der Waals surface area contributed by atoms with Crippen molar-refractivity contribution in [3.8, 4) is 0 Å². The number of alkyl halides is 1. The van der Waals surface area contributed by atoms with Crippen LogP contribution in [0.2, 0.25) is 0 Å². The topological polar surface area (TPSA) is 106 Å². The van der Waals surface area contributed by atoms with Gasteiger partial charge in [-0.1, -0.05) is 0 Å². The van der Waals surface area contributed by atoms with Gasteiger partial charge in [-0.15, -0.1) is 0 Å². The molecule has 2 aromatic heterocycles. The van der Waals surface area contributed by atoms with Gasteiger partial charge in [0.1, 0.15) is 24.1 Å². The van der Waals surface area contributed by atoms with Crippen LogP contribution in [-0.2, 0) is 4.74 Å². The minimum atomic E-state index is -1.75. The Hall–Kier alpha value is -1.77. The van der Waals surface area contributed by atoms with Crippen molar-refractivity contribution in [1.29, 1.82) is 0 Å². The third kappa shape index (κ3) is 2.01. The lowest BCUT2D eigenvalue weighted by atomic mass is 10.0. The number of aliphatic hydroxyl groups excluding tert-OH is 2. The Kier molecular flexibility index (Phi) is 3.28. The number of ether oxygens (including phenoxy) is 1. The molecule has 0 aliphatic carbocycles. The fourth-order valence-corrected chi connectivity index (χ4v) is 2.41. The maximum absolute atomic E-state index is 14.3. The van der Waals surface area contributed by atoms with E-state index in [9.17, 15) is 14.6 Å². The predicted molar refractivity (Wildman–Crippen MR) is 67.6 cm³/mol. The number of aliphatic hydroxyl groups is 2. The van der Waals surface area contributed by atoms with Gasteiger partial charge >= 0.3 is 0 Å². The van der Waals surface area contributed by atoms with Crippen LogP contribution in [0.3, 0.4) is 0 Å². The molecule has 3 rings (SSSR count). The normalized spacial score (nSPS) is 31.4. The van der Waals surface area contributed by atoms with E-state index in [1.807, 2.05) is 0 Å². The van der Waals surface area contributed by atoms with E-state index in [4.69, 9.17) is 10.5 Å². The van der Waals surface area contributed by atoms with Crippen molar-refractivity contribution >= 4 is 11.3 Å². The number of hydrogen-bond donors (Lipinski definition) is 3. The Bertz CT molecular complexity index is 620. The van der Waals surface area contributed by atoms with E-state index in [1.165, 1.54) is 10.8 Å². The van der Waals surface area contributed by atoms with E-state index in [0.717, 1.165) is 0 Å². The number of nitrogen functional groups attached to an aromatic ring is 1. The summed E-state index contributed by atoms with van der Waals surface area (Å²) in [7, 11) is 0. The highest BCUT2D eigenvalue weighted by molar-refractivity contribution is 5.65. The van der Waals surface area contributed by atoms with Crippen molar-refractivity contribution in [2.24, 2.45) is 0 Å². The van der Waals surface area contributed by atoms with E-state index in [-0.39, 0.29) is 18.8 Å². The first-order chi connectivity index (χ1) is 9.59. The van der Waals surface area contributed by atoms with Gasteiger partial charge in [-0.3, -0.25) is 0 Å². The molecule has 1 fully saturated rings. The molecule has 0 saturated carbocycles. The van der Waals surface area contributed by atoms with Crippen LogP contribution in [0.15, 0.2) is 18.5 Å². The van der Waals surface area contributed by atoms with Gasteiger partial charge in [-0.25, -0.2) is 13.9 Å². The maximum atomic E-state index is 14.3. The highest BCUT2D eigenvalue weighted by Crippen LogP contribution is 2.31. The molecule has 1 aliphatic rings. The molecule has 3 heterocycles. The molecule has 8 heteroatoms. The summed E-state index contributed by atoms with van der Waals surface area (Å²) in [4.78, 5) is 3.85. The number of fused-ring (bicyclic) bond motifs is 1. The van der Waals surface area contributed by atoms with Gasteiger partial charge in [0, 0.05) is 0 Å². The molecule has 1 unspecified atom stereocenters. The number of nitrogens with two attached hydrogens (primary N) is 1. The molecular formula is C12H15FN4O3. The average molecular weight is 282 g/mol. The van der Waals surface area contributed by atoms with Gasteiger partial charge in [-0.2, -0.15) is 5.10 Å². The first-order valence-corrected chi connectivity index (χ1v) is 6.29. The molecule has 0 amide bonds. The van der Waals surface area contributed by atoms with Crippen molar-refractivity contribution in [3.63, 3.8) is 0 Å². The summed E-state index contributed by atoms with van der Waals surface area (Å²) in [6.07, 6.45) is -3.95. The zero-order valence-corrected chi connectivity index (χ0v) is 10.6. The van der Waals surface area contributed by atoms with Crippen molar-refractivity contribution < 1.29 is 19.3 Å². The number of aromatic nitrogens is 3. The molecule has 0 radical (unpaired) electrons. The molecule has 7 nitrogen and oxygen atoms in total. The monoisotopic (exact) mass is 282 g/mol. The third-order valence-electron chi connectivity index (χ3n) is 3.52. The fraction of sp³-hybridized carbons (Fsp3) is 0.500. The summed E-state index contributed by atoms with van der Waals surface area (Å²) in [5, 5.41) is 23.3. The fourth-order valence-electron chi connectivity index (χ4n) is 2.41. The lowest BCUT2D eigenvalue weighted by Crippen LogP contribution is -2.36. The van der Waals surface area contributed by atoms with E-state index in [1.54, 1.807) is 12.1 Å². The lowest BCUT2D eigenvalue weighted by Gasteiger charge is -2.22. The average Bonchev–Trinajstić information content (AvgIpc) is 2.82. The molecule has 0 bridgehead atoms. The van der Waals surface area contributed by atoms with Crippen molar-refractivity contribution in [3.05, 3.63) is 24.2 Å². The summed E-state index contributed by atoms with van der Waals surface area (Å²) < 4.78 is 21.2. The molecular weight excluding hydrogens is 267 g/mol. The van der Waals surface area contributed by atoms with Gasteiger partial charge < -0.3 is 20.7 Å². The predicted octanol–water partition coefficient (Wildman–Crippen LogP) is -0.167. The molecule has 108 valence electrons. The van der Waals surface area contributed by atoms with Crippen LogP contribution in [-0.4, -0.2) is 49.8 Å². The van der Waals surface area contributed by atoms with Crippen molar-refractivity contribution in [1.82, 2.24) is 14.6 Å². The Balaban J connectivity index is 2.03. The standard InChI is InChI=1S/C12H15FN4O3/c13-9-10(19)8(18)3-4-20-11(9)6-1-2-7-12(14)15-5-16-17(6)7/h1-2,5,8-11,18-19H,3-4H2,(H2,14,15,16)/t8?,9-,10-,11+/m1/s1. The van der Waals surface area contributed by atoms with Crippen LogP contribution >= 0.6 is 0 Å². The summed E-state index contributed by atoms with van der Waals surface area (Å²) >= 11 is 0. The van der Waals surface area contributed by atoms with Crippen LogP contribution < -0.4 is 5.73 Å². The van der Waals surface area contributed by atoms with E-state index in [2.05, 4.69) is 10.1 Å². The summed E-state index contributed by atoms with van der Waals surface area (Å²) in [6, 6.07) is 3.29. The van der Waals surface area contributed by atoms with Crippen molar-refractivity contribution in [2.45, 2.75) is 30.9 Å². The minimum absolute atomic E-state index is 0.150. The maximum Gasteiger partial charge on any atom is 0.160 e. The summed E-state index contributed by atoms with van der Waals surface area (Å²) in [6.45, 7) is 0.150. The zero-order valence-electron chi connectivity index (χ0n) is 10.6. The minimum Gasteiger partial charge on any atom is -0.390 e. The van der Waals surface area contributed by atoms with E-state index in [0.29, 0.717) is 11.2 Å². The summed E-state index contributed by atoms with van der Waals surface area (Å²) in [5.41, 5.74) is 6.68. The molecule has 1 aliphatic heterocycles. The molecule has 0 spiro atoms. The molecule has 4 atom stereocenters. The Labute approximate surface area is 113 Å². The van der Waals surface area contributed by atoms with E-state index >= 15 is 0 Å². The lowest BCUT2D eigenvalue weighted by molar-refractivity contribution is -0.0581. The smallest absolute Gasteiger partial charge is 0.160 e. The van der Waals surface area contributed by atoms with Gasteiger partial charge in [0.15, 0.2) is 12.0 Å². The number of halogens is 1. The Morgan fingerprint density at radius 2 is 2.20 bits per heavy atom. The molecule has 1 saturated heterocycles. The second kappa shape index (κ2) is 4.97. The van der Waals surface area contributed by atoms with Crippen LogP contribution in [0.1, 0.15) is 18.2 Å². The SMILES string of the molecule is Nc1ncnn2c([C@@H]3OCCC(O)[C@@H](O)[C@H]3F)ccc12. The second-order valence-electron chi connectivity index (χ2n) is 4.78. The first-order valence-electron chi connectivity index (χ1n) is 6.29. The van der Waals surface area contributed by atoms with Gasteiger partial charge in [0.05, 0.1) is 18.4 Å². The number of anilines is 1. The molecule has 0 aromatic carbocycles. The van der Waals surface area contributed by atoms with Crippen LogP contribution in [0, 0.1) is 0 Å². The highest BCUT2D eigenvalue weighted by atomic mass is 19.1. The Morgan fingerprint density at radius 3 is 3.00 bits per heavy atom. The number of rotatable bonds is 1. The molecule has 4 N–H and O–H groups in total. The molecule has 20 heavy (non-hydrogen) atoms. The highest BCUT2D eigenvalue weighted by Gasteiger charge is 2.38. The number of nitrogens with zero attached hydrogens (tertiary/aromatic N) is 3. The van der Waals surface area contributed by atoms with Crippen molar-refractivity contribution in [2.75, 3.05) is 12.3 Å².